The van der Waals surface area contributed by atoms with Crippen molar-refractivity contribution in [2.45, 2.75) is 137 Å². The zero-order chi connectivity index (χ0) is 49.9. The van der Waals surface area contributed by atoms with Crippen LogP contribution in [-0.2, 0) is 33.4 Å². The van der Waals surface area contributed by atoms with Crippen LogP contribution < -0.4 is 10.6 Å². The van der Waals surface area contributed by atoms with Gasteiger partial charge < -0.3 is 34.3 Å². The molecule has 1 saturated heterocycles. The van der Waals surface area contributed by atoms with Crippen molar-refractivity contribution in [3.8, 4) is 11.1 Å². The van der Waals surface area contributed by atoms with Gasteiger partial charge in [0, 0.05) is 56.2 Å². The highest BCUT2D eigenvalue weighted by Gasteiger charge is 2.38. The zero-order valence-electron chi connectivity index (χ0n) is 42.2. The molecule has 1 fully saturated rings. The number of carbonyl (C=O) groups excluding carboxylic acids is 4. The van der Waals surface area contributed by atoms with Crippen LogP contribution in [0.25, 0.3) is 11.1 Å². The Hall–Kier alpha value is -5.35. The molecule has 2 aliphatic heterocycles. The van der Waals surface area contributed by atoms with Gasteiger partial charge in [0.2, 0.25) is 0 Å². The number of nitrogens with one attached hydrogen (secondary N) is 2. The maximum atomic E-state index is 13.9. The Morgan fingerprint density at radius 2 is 1.49 bits per heavy atom. The van der Waals surface area contributed by atoms with E-state index >= 15 is 0 Å². The molecule has 0 saturated carbocycles. The molecule has 2 aromatic heterocycles. The van der Waals surface area contributed by atoms with Gasteiger partial charge in [-0.2, -0.15) is 0 Å². The van der Waals surface area contributed by atoms with E-state index in [2.05, 4.69) is 54.4 Å². The van der Waals surface area contributed by atoms with Crippen LogP contribution >= 0.6 is 11.6 Å². The van der Waals surface area contributed by atoms with Gasteiger partial charge in [-0.05, 0) is 138 Å². The lowest BCUT2D eigenvalue weighted by atomic mass is 9.97. The highest BCUT2D eigenvalue weighted by molar-refractivity contribution is 6.74. The SMILES string of the molecule is Cc1cc(C(=O)Nc2cccc(-c3cccc(NC(=O)c4ccc(CN(CCO[Si](C)(C)C(C)(C)C)C(=O)OC(C)(C)C)cn4)c3C)c2Cl)nc2c1CCN(C1CCN(C(=O)OC(C)(C)C)C1)C2. The predicted octanol–water partition coefficient (Wildman–Crippen LogP) is 11.0. The number of halogens is 1. The van der Waals surface area contributed by atoms with Crippen LogP contribution in [0.2, 0.25) is 23.2 Å². The number of rotatable bonds is 12. The molecule has 4 amide bonds. The molecule has 2 aliphatic rings. The van der Waals surface area contributed by atoms with Crippen LogP contribution in [0.15, 0.2) is 60.8 Å². The fraction of sp³-hybridized carbons (Fsp3) is 0.500. The average molecular weight is 969 g/mol. The van der Waals surface area contributed by atoms with Gasteiger partial charge >= 0.3 is 12.2 Å². The third-order valence-corrected chi connectivity index (χ3v) is 17.8. The number of anilines is 2. The van der Waals surface area contributed by atoms with Crippen LogP contribution in [0.3, 0.4) is 0 Å². The molecule has 0 radical (unpaired) electrons. The van der Waals surface area contributed by atoms with Gasteiger partial charge in [0.1, 0.15) is 22.6 Å². The third-order valence-electron chi connectivity index (χ3n) is 12.8. The van der Waals surface area contributed by atoms with Gasteiger partial charge in [-0.1, -0.05) is 62.7 Å². The highest BCUT2D eigenvalue weighted by atomic mass is 35.5. The molecular formula is C52H70ClN7O7Si. The lowest BCUT2D eigenvalue weighted by Gasteiger charge is -2.37. The van der Waals surface area contributed by atoms with E-state index in [1.54, 1.807) is 34.2 Å². The largest absolute Gasteiger partial charge is 0.444 e. The van der Waals surface area contributed by atoms with Crippen molar-refractivity contribution in [3.05, 3.63) is 105 Å². The molecule has 14 nitrogen and oxygen atoms in total. The van der Waals surface area contributed by atoms with Crippen molar-refractivity contribution in [2.75, 3.05) is 43.4 Å². The predicted molar refractivity (Wildman–Crippen MR) is 271 cm³/mol. The summed E-state index contributed by atoms with van der Waals surface area (Å²) in [5.74, 6) is -0.786. The summed E-state index contributed by atoms with van der Waals surface area (Å²) < 4.78 is 17.7. The lowest BCUT2D eigenvalue weighted by molar-refractivity contribution is 0.0204. The molecule has 1 unspecified atom stereocenters. The number of pyridine rings is 2. The van der Waals surface area contributed by atoms with Crippen molar-refractivity contribution < 1.29 is 33.1 Å². The van der Waals surface area contributed by atoms with Crippen LogP contribution in [-0.4, -0.2) is 107 Å². The second-order valence-corrected chi connectivity index (χ2v) is 26.6. The average Bonchev–Trinajstić information content (AvgIpc) is 3.74. The summed E-state index contributed by atoms with van der Waals surface area (Å²) in [4.78, 5) is 68.6. The van der Waals surface area contributed by atoms with E-state index < -0.39 is 31.5 Å². The Balaban J connectivity index is 1.11. The smallest absolute Gasteiger partial charge is 0.410 e. The number of likely N-dealkylation sites (tertiary alicyclic amines) is 1. The second-order valence-electron chi connectivity index (χ2n) is 21.5. The number of amides is 4. The molecule has 0 aliphatic carbocycles. The number of aryl methyl sites for hydroxylation is 1. The minimum absolute atomic E-state index is 0.0290. The summed E-state index contributed by atoms with van der Waals surface area (Å²) in [6, 6.07) is 16.4. The summed E-state index contributed by atoms with van der Waals surface area (Å²) >= 11 is 7.06. The monoisotopic (exact) mass is 967 g/mol. The fourth-order valence-electron chi connectivity index (χ4n) is 8.06. The molecule has 1 atom stereocenters. The summed E-state index contributed by atoms with van der Waals surface area (Å²) in [5, 5.41) is 6.37. The Morgan fingerprint density at radius 1 is 0.838 bits per heavy atom. The van der Waals surface area contributed by atoms with Crippen molar-refractivity contribution in [1.29, 1.82) is 0 Å². The van der Waals surface area contributed by atoms with E-state index in [1.165, 1.54) is 0 Å². The number of benzene rings is 2. The molecule has 2 aromatic carbocycles. The maximum Gasteiger partial charge on any atom is 0.410 e. The van der Waals surface area contributed by atoms with E-state index in [9.17, 15) is 19.2 Å². The van der Waals surface area contributed by atoms with Crippen LogP contribution in [0, 0.1) is 13.8 Å². The molecule has 16 heteroatoms. The number of hydrogen-bond acceptors (Lipinski definition) is 10. The second kappa shape index (κ2) is 20.7. The minimum Gasteiger partial charge on any atom is -0.444 e. The summed E-state index contributed by atoms with van der Waals surface area (Å²) in [6.07, 6.45) is 2.50. The number of ether oxygens (including phenoxy) is 2. The van der Waals surface area contributed by atoms with Crippen molar-refractivity contribution in [3.63, 3.8) is 0 Å². The number of fused-ring (bicyclic) bond motifs is 1. The summed E-state index contributed by atoms with van der Waals surface area (Å²) in [6.45, 7) is 29.5. The van der Waals surface area contributed by atoms with Crippen LogP contribution in [0.1, 0.15) is 118 Å². The van der Waals surface area contributed by atoms with E-state index in [4.69, 9.17) is 30.5 Å². The highest BCUT2D eigenvalue weighted by Crippen LogP contribution is 2.39. The normalized spacial score (nSPS) is 15.7. The summed E-state index contributed by atoms with van der Waals surface area (Å²) in [5.41, 5.74) is 6.22. The number of nitrogens with zero attached hydrogens (tertiary/aromatic N) is 5. The molecule has 6 rings (SSSR count). The molecule has 366 valence electrons. The topological polar surface area (TPSA) is 156 Å². The molecular weight excluding hydrogens is 898 g/mol. The van der Waals surface area contributed by atoms with Gasteiger partial charge in [0.25, 0.3) is 11.8 Å². The molecule has 68 heavy (non-hydrogen) atoms. The third kappa shape index (κ3) is 13.0. The summed E-state index contributed by atoms with van der Waals surface area (Å²) in [7, 11) is -2.04. The first-order valence-corrected chi connectivity index (χ1v) is 26.8. The van der Waals surface area contributed by atoms with Crippen LogP contribution in [0.5, 0.6) is 0 Å². The Bertz CT molecular complexity index is 2510. The molecule has 0 spiro atoms. The van der Waals surface area contributed by atoms with Crippen molar-refractivity contribution in [2.24, 2.45) is 0 Å². The maximum absolute atomic E-state index is 13.9. The Kier molecular flexibility index (Phi) is 15.8. The van der Waals surface area contributed by atoms with E-state index in [0.29, 0.717) is 60.4 Å². The molecule has 2 N–H and O–H groups in total. The Morgan fingerprint density at radius 3 is 2.13 bits per heavy atom. The lowest BCUT2D eigenvalue weighted by Crippen LogP contribution is -2.44. The number of hydrogen-bond donors (Lipinski definition) is 2. The first-order valence-electron chi connectivity index (χ1n) is 23.5. The van der Waals surface area contributed by atoms with Gasteiger partial charge in [-0.25, -0.2) is 14.6 Å². The standard InChI is InChI=1S/C52H70ClN7O7Si/c1-33-28-43(55-44-32-58(25-23-37(33)44)36-22-24-59(31-36)48(63)66-50(3,4)5)47(62)57-41-19-15-17-39(45(41)53)38-16-14-18-40(34(38)2)56-46(61)42-21-20-35(29-54-42)30-60(49(64)67-51(6,7)8)26-27-65-68(12,13)52(9,10)11/h14-21,28-29,36H,22-27,30-32H2,1-13H3,(H,56,61)(H,57,62). The zero-order valence-corrected chi connectivity index (χ0v) is 43.9. The van der Waals surface area contributed by atoms with Gasteiger partial charge in [-0.3, -0.25) is 19.5 Å². The van der Waals surface area contributed by atoms with E-state index in [1.807, 2.05) is 91.8 Å². The minimum atomic E-state index is -2.04. The first kappa shape index (κ1) is 52.0. The fourth-order valence-corrected chi connectivity index (χ4v) is 9.37. The van der Waals surface area contributed by atoms with Crippen LogP contribution in [0.4, 0.5) is 21.0 Å². The van der Waals surface area contributed by atoms with E-state index in [0.717, 1.165) is 52.9 Å². The molecule has 0 bridgehead atoms. The van der Waals surface area contributed by atoms with Gasteiger partial charge in [0.15, 0.2) is 8.32 Å². The molecule has 4 heterocycles. The van der Waals surface area contributed by atoms with Gasteiger partial charge in [0.05, 0.1) is 29.6 Å². The Labute approximate surface area is 408 Å². The van der Waals surface area contributed by atoms with E-state index in [-0.39, 0.29) is 35.3 Å². The molecule has 4 aromatic rings. The first-order chi connectivity index (χ1) is 31.7. The number of aromatic nitrogens is 2. The van der Waals surface area contributed by atoms with Gasteiger partial charge in [-0.15, -0.1) is 0 Å². The number of carbonyl (C=O) groups is 4. The van der Waals surface area contributed by atoms with Crippen molar-refractivity contribution >= 4 is 55.3 Å². The quantitative estimate of drug-likeness (QED) is 0.131. The van der Waals surface area contributed by atoms with Crippen molar-refractivity contribution in [1.82, 2.24) is 24.7 Å².